The van der Waals surface area contributed by atoms with E-state index >= 15 is 0 Å². The van der Waals surface area contributed by atoms with Crippen LogP contribution in [-0.4, -0.2) is 276 Å². The number of rotatable bonds is 16. The normalized spacial score (nSPS) is 47.1. The van der Waals surface area contributed by atoms with E-state index in [2.05, 4.69) is 16.0 Å². The Morgan fingerprint density at radius 1 is 0.400 bits per heavy atom. The summed E-state index contributed by atoms with van der Waals surface area (Å²) in [7, 11) is 0. The zero-order chi connectivity index (χ0) is 48.2. The van der Waals surface area contributed by atoms with E-state index in [0.717, 1.165) is 20.8 Å². The van der Waals surface area contributed by atoms with Crippen molar-refractivity contribution in [3.05, 3.63) is 0 Å². The largest absolute Gasteiger partial charge is 0.394 e. The van der Waals surface area contributed by atoms with Crippen LogP contribution in [0.1, 0.15) is 20.8 Å². The van der Waals surface area contributed by atoms with Crippen LogP contribution < -0.4 is 16.0 Å². The van der Waals surface area contributed by atoms with Crippen molar-refractivity contribution in [3.8, 4) is 0 Å². The first kappa shape index (κ1) is 53.4. The molecule has 25 atom stereocenters. The number of carbonyl (C=O) groups excluding carboxylic acids is 3. The van der Waals surface area contributed by atoms with E-state index < -0.39 is 204 Å². The van der Waals surface area contributed by atoms with Crippen molar-refractivity contribution in [2.45, 2.75) is 174 Å². The minimum Gasteiger partial charge on any atom is -0.394 e. The second-order valence-electron chi connectivity index (χ2n) is 16.2. The van der Waals surface area contributed by atoms with Crippen LogP contribution in [0.2, 0.25) is 0 Å². The lowest BCUT2D eigenvalue weighted by Crippen LogP contribution is -2.70. The molecule has 0 saturated carbocycles. The first-order valence-electron chi connectivity index (χ1n) is 20.6. The van der Waals surface area contributed by atoms with Gasteiger partial charge in [0.05, 0.1) is 33.0 Å². The molecule has 0 aromatic rings. The van der Waals surface area contributed by atoms with Crippen LogP contribution in [0.25, 0.3) is 0 Å². The summed E-state index contributed by atoms with van der Waals surface area (Å²) in [5.41, 5.74) is 0. The predicted octanol–water partition coefficient (Wildman–Crippen LogP) is -11.5. The second-order valence-corrected chi connectivity index (χ2v) is 16.2. The Bertz CT molecular complexity index is 1560. The summed E-state index contributed by atoms with van der Waals surface area (Å²) in [6.45, 7) is -1.20. The van der Waals surface area contributed by atoms with E-state index in [9.17, 15) is 85.9 Å². The smallest absolute Gasteiger partial charge is 0.217 e. The zero-order valence-corrected chi connectivity index (χ0v) is 35.1. The molecular formula is C36H61N3O26. The molecule has 0 unspecified atom stereocenters. The average molecular weight is 952 g/mol. The molecule has 376 valence electrons. The lowest BCUT2D eigenvalue weighted by atomic mass is 9.94. The van der Waals surface area contributed by atoms with Crippen LogP contribution in [-0.2, 0) is 57.0 Å². The molecule has 29 nitrogen and oxygen atoms in total. The van der Waals surface area contributed by atoms with E-state index in [1.165, 1.54) is 0 Å². The number of hydrogen-bond donors (Lipinski definition) is 17. The molecule has 5 aliphatic heterocycles. The SMILES string of the molecule is CC(=O)N[C@@H]1[C@@H](O)[C@H](O[C@@H]2O[C@H](CO)[C@@H](O[C@@H]3O[C@H](CO[C@@H]4O[C@H](CO)[C@@H](O)[C@H](O)[C@@H]4O[C@@H]4O[C@H](CO)[C@@H](O)[C@H](O)[C@H]4NC(C)=O)[C@@H](O)[C@H](O)[C@@H]3O)[C@H](O)[C@H]2NC(C)=O)[C@@H](CO)O[C@H]1O. The van der Waals surface area contributed by atoms with Gasteiger partial charge in [-0.1, -0.05) is 0 Å². The molecule has 5 saturated heterocycles. The molecule has 29 heteroatoms. The van der Waals surface area contributed by atoms with E-state index in [4.69, 9.17) is 42.6 Å². The monoisotopic (exact) mass is 951 g/mol. The maximum atomic E-state index is 12.4. The molecule has 5 rings (SSSR count). The Kier molecular flexibility index (Phi) is 19.1. The summed E-state index contributed by atoms with van der Waals surface area (Å²) in [6, 6.07) is -4.68. The van der Waals surface area contributed by atoms with Crippen molar-refractivity contribution in [2.75, 3.05) is 33.0 Å². The third-order valence-corrected chi connectivity index (χ3v) is 11.5. The van der Waals surface area contributed by atoms with Gasteiger partial charge < -0.3 is 130 Å². The molecule has 0 aromatic heterocycles. The minimum absolute atomic E-state index is 0.684. The van der Waals surface area contributed by atoms with E-state index in [1.807, 2.05) is 0 Å². The van der Waals surface area contributed by atoms with Gasteiger partial charge in [0.1, 0.15) is 122 Å². The van der Waals surface area contributed by atoms with Gasteiger partial charge in [0, 0.05) is 20.8 Å². The van der Waals surface area contributed by atoms with Gasteiger partial charge in [0.2, 0.25) is 17.7 Å². The van der Waals surface area contributed by atoms with Gasteiger partial charge in [-0.3, -0.25) is 14.4 Å². The molecule has 5 heterocycles. The molecule has 17 N–H and O–H groups in total. The standard InChI is InChI=1S/C36H61N3O26/c1-9(44)37-17-24(51)29(14(6-42)58-32(17)56)63-34-19(39-11(3)46)25(52)30(15(7-43)61-34)64-35-28(55)26(53)22(49)16(62-35)8-57-36-31(27(54)21(48)13(5-41)60-36)65-33-18(38-10(2)45)23(50)20(47)12(4-40)59-33/h12-36,40-43,47-56H,4-8H2,1-3H3,(H,37,44)(H,38,45)(H,39,46)/t12-,13-,14-,15-,16-,17-,18-,19-,20-,21-,22-,23-,24-,25-,26+,27+,28+,29-,30-,31+,32-,33+,34+,35+,36-/m1/s1. The maximum Gasteiger partial charge on any atom is 0.217 e. The zero-order valence-electron chi connectivity index (χ0n) is 35.1. The number of aliphatic hydroxyl groups excluding tert-OH is 14. The van der Waals surface area contributed by atoms with Crippen LogP contribution in [0.4, 0.5) is 0 Å². The average Bonchev–Trinajstić information content (AvgIpc) is 3.26. The minimum atomic E-state index is -2.11. The lowest BCUT2D eigenvalue weighted by Gasteiger charge is -2.49. The van der Waals surface area contributed by atoms with Crippen molar-refractivity contribution in [3.63, 3.8) is 0 Å². The van der Waals surface area contributed by atoms with Crippen molar-refractivity contribution < 1.29 is 129 Å². The molecule has 5 aliphatic rings. The van der Waals surface area contributed by atoms with E-state index in [1.54, 1.807) is 0 Å². The highest BCUT2D eigenvalue weighted by Crippen LogP contribution is 2.34. The number of aliphatic hydroxyl groups is 14. The van der Waals surface area contributed by atoms with Crippen molar-refractivity contribution in [1.82, 2.24) is 16.0 Å². The van der Waals surface area contributed by atoms with E-state index in [-0.39, 0.29) is 0 Å². The third-order valence-electron chi connectivity index (χ3n) is 11.5. The van der Waals surface area contributed by atoms with E-state index in [0.29, 0.717) is 0 Å². The second kappa shape index (κ2) is 23.2. The maximum absolute atomic E-state index is 12.4. The van der Waals surface area contributed by atoms with Gasteiger partial charge in [-0.25, -0.2) is 0 Å². The first-order chi connectivity index (χ1) is 30.7. The number of ether oxygens (including phenoxy) is 9. The Morgan fingerprint density at radius 3 is 1.31 bits per heavy atom. The number of amides is 3. The van der Waals surface area contributed by atoms with Crippen molar-refractivity contribution in [2.24, 2.45) is 0 Å². The number of hydrogen-bond acceptors (Lipinski definition) is 26. The number of carbonyl (C=O) groups is 3. The van der Waals surface area contributed by atoms with Crippen molar-refractivity contribution in [1.29, 1.82) is 0 Å². The predicted molar refractivity (Wildman–Crippen MR) is 201 cm³/mol. The molecule has 65 heavy (non-hydrogen) atoms. The number of nitrogens with one attached hydrogen (secondary N) is 3. The molecule has 0 bridgehead atoms. The van der Waals surface area contributed by atoms with Crippen LogP contribution in [0.15, 0.2) is 0 Å². The van der Waals surface area contributed by atoms with Gasteiger partial charge in [-0.2, -0.15) is 0 Å². The third kappa shape index (κ3) is 12.0. The Balaban J connectivity index is 1.34. The van der Waals surface area contributed by atoms with Crippen LogP contribution in [0.3, 0.4) is 0 Å². The molecule has 0 aromatic carbocycles. The summed E-state index contributed by atoms with van der Waals surface area (Å²) in [4.78, 5) is 36.1. The summed E-state index contributed by atoms with van der Waals surface area (Å²) in [5.74, 6) is -2.19. The van der Waals surface area contributed by atoms with Gasteiger partial charge >= 0.3 is 0 Å². The highest BCUT2D eigenvalue weighted by molar-refractivity contribution is 5.74. The highest BCUT2D eigenvalue weighted by Gasteiger charge is 2.56. The molecule has 3 amide bonds. The van der Waals surface area contributed by atoms with Crippen molar-refractivity contribution >= 4 is 17.7 Å². The molecule has 0 aliphatic carbocycles. The quantitative estimate of drug-likeness (QED) is 0.0683. The Morgan fingerprint density at radius 2 is 0.785 bits per heavy atom. The van der Waals surface area contributed by atoms with Gasteiger partial charge in [-0.05, 0) is 0 Å². The Hall–Kier alpha value is -2.51. The van der Waals surface area contributed by atoms with Crippen LogP contribution in [0, 0.1) is 0 Å². The highest BCUT2D eigenvalue weighted by atomic mass is 16.8. The van der Waals surface area contributed by atoms with Gasteiger partial charge in [-0.15, -0.1) is 0 Å². The summed E-state index contributed by atoms with van der Waals surface area (Å²) < 4.78 is 51.5. The molecule has 0 spiro atoms. The first-order valence-corrected chi connectivity index (χ1v) is 20.6. The fraction of sp³-hybridized carbons (Fsp3) is 0.917. The fourth-order valence-electron chi connectivity index (χ4n) is 8.12. The summed E-state index contributed by atoms with van der Waals surface area (Å²) >= 11 is 0. The summed E-state index contributed by atoms with van der Waals surface area (Å²) in [5, 5.41) is 156. The van der Waals surface area contributed by atoms with Crippen LogP contribution >= 0.6 is 0 Å². The van der Waals surface area contributed by atoms with Gasteiger partial charge in [0.15, 0.2) is 31.5 Å². The molecule has 0 radical (unpaired) electrons. The van der Waals surface area contributed by atoms with Gasteiger partial charge in [0.25, 0.3) is 0 Å². The molecule has 5 fully saturated rings. The summed E-state index contributed by atoms with van der Waals surface area (Å²) in [6.07, 6.45) is -39.6. The fourth-order valence-corrected chi connectivity index (χ4v) is 8.12. The van der Waals surface area contributed by atoms with Crippen LogP contribution in [0.5, 0.6) is 0 Å². The Labute approximate surface area is 369 Å². The topological polar surface area (TPSA) is 454 Å². The molecular weight excluding hydrogens is 890 g/mol. The lowest BCUT2D eigenvalue weighted by molar-refractivity contribution is -0.373.